The lowest BCUT2D eigenvalue weighted by Gasteiger charge is -2.33. The van der Waals surface area contributed by atoms with Crippen LogP contribution in [0.2, 0.25) is 0 Å². The average molecular weight is 1100 g/mol. The summed E-state index contributed by atoms with van der Waals surface area (Å²) in [4.78, 5) is 63.3. The van der Waals surface area contributed by atoms with E-state index in [9.17, 15) is 39.6 Å². The smallest absolute Gasteiger partial charge is 0.417 e. The number of nitrogens with one attached hydrogen (secondary N) is 1. The zero-order chi connectivity index (χ0) is 56.6. The van der Waals surface area contributed by atoms with Crippen LogP contribution in [0.15, 0.2) is 60.8 Å². The Bertz CT molecular complexity index is 2760. The number of alkyl halides is 3. The van der Waals surface area contributed by atoms with E-state index in [1.807, 2.05) is 43.0 Å². The first-order valence-corrected chi connectivity index (χ1v) is 27.0. The number of anilines is 1. The molecule has 7 rings (SSSR count). The van der Waals surface area contributed by atoms with Crippen LogP contribution in [0.4, 0.5) is 18.9 Å². The number of nitrogens with zero attached hydrogens (tertiary/aromatic N) is 6. The van der Waals surface area contributed by atoms with Gasteiger partial charge in [-0.1, -0.05) is 55.3 Å². The molecule has 3 fully saturated rings. The number of aldehydes is 1. The molecule has 0 unspecified atom stereocenters. The average Bonchev–Trinajstić information content (AvgIpc) is 3.61. The second kappa shape index (κ2) is 28.7. The molecule has 4 aromatic rings. The van der Waals surface area contributed by atoms with Crippen molar-refractivity contribution in [3.63, 3.8) is 0 Å². The van der Waals surface area contributed by atoms with Crippen LogP contribution < -0.4 is 14.8 Å². The highest BCUT2D eigenvalue weighted by Gasteiger charge is 2.36. The van der Waals surface area contributed by atoms with Crippen molar-refractivity contribution in [2.24, 2.45) is 0 Å². The summed E-state index contributed by atoms with van der Waals surface area (Å²) in [5, 5.41) is 41.7. The van der Waals surface area contributed by atoms with E-state index in [-0.39, 0.29) is 68.1 Å². The minimum atomic E-state index is -4.79. The predicted octanol–water partition coefficient (Wildman–Crippen LogP) is 6.52. The lowest BCUT2D eigenvalue weighted by atomic mass is 9.92. The molecule has 2 atom stereocenters. The normalized spacial score (nSPS) is 18.7. The lowest BCUT2D eigenvalue weighted by molar-refractivity contribution is -0.145. The van der Waals surface area contributed by atoms with E-state index >= 15 is 13.2 Å². The highest BCUT2D eigenvalue weighted by molar-refractivity contribution is 6.04. The molecule has 3 aromatic carbocycles. The lowest BCUT2D eigenvalue weighted by Crippen LogP contribution is -2.44. The number of aliphatic hydroxyl groups excluding tert-OH is 1. The van der Waals surface area contributed by atoms with Crippen LogP contribution in [0.5, 0.6) is 11.5 Å². The largest absolute Gasteiger partial charge is 0.496 e. The van der Waals surface area contributed by atoms with Gasteiger partial charge < -0.3 is 44.7 Å². The molecule has 1 amide bonds. The summed E-state index contributed by atoms with van der Waals surface area (Å²) >= 11 is 0. The van der Waals surface area contributed by atoms with Crippen LogP contribution in [0, 0.1) is 13.8 Å². The van der Waals surface area contributed by atoms with Gasteiger partial charge >= 0.3 is 18.1 Å². The van der Waals surface area contributed by atoms with E-state index in [0.717, 1.165) is 66.0 Å². The summed E-state index contributed by atoms with van der Waals surface area (Å²) in [7, 11) is 1.52. The molecule has 3 saturated heterocycles. The molecule has 79 heavy (non-hydrogen) atoms. The fourth-order valence-electron chi connectivity index (χ4n) is 10.7. The summed E-state index contributed by atoms with van der Waals surface area (Å²) in [6.07, 6.45) is 3.78. The van der Waals surface area contributed by atoms with Crippen molar-refractivity contribution >= 4 is 42.0 Å². The number of likely N-dealkylation sites (tertiary alicyclic amines) is 2. The summed E-state index contributed by atoms with van der Waals surface area (Å²) < 4.78 is 63.3. The Labute approximate surface area is 459 Å². The van der Waals surface area contributed by atoms with Gasteiger partial charge in [-0.3, -0.25) is 43.9 Å². The van der Waals surface area contributed by atoms with Gasteiger partial charge in [-0.15, -0.1) is 0 Å². The Morgan fingerprint density at radius 2 is 1.42 bits per heavy atom. The minimum Gasteiger partial charge on any atom is -0.496 e. The number of ether oxygens (including phenoxy) is 3. The summed E-state index contributed by atoms with van der Waals surface area (Å²) in [6.45, 7) is 8.96. The SMILES string of the molecule is COc1cc(C(=O)Nc2cccc(-c3cccc(/C=C/c4cc(OCCOCCN5CCN(CC(=O)O)CCN(CC(O)O)CC5)c(CN5CCCC[C@H]5C(=O)O)cc4C(F)(F)F)c3C)c2C)ncc1CN1CCCC[C@H]1C=O. The molecule has 0 spiro atoms. The fourth-order valence-corrected chi connectivity index (χ4v) is 10.7. The van der Waals surface area contributed by atoms with Crippen molar-refractivity contribution in [1.82, 2.24) is 29.5 Å². The second-order valence-electron chi connectivity index (χ2n) is 20.5. The molecule has 18 nitrogen and oxygen atoms in total. The molecule has 3 aliphatic heterocycles. The molecule has 0 radical (unpaired) electrons. The number of β-amino-alcohol motifs (C(OH)–C–C–N with tert-alkyl or cyclic N) is 2. The summed E-state index contributed by atoms with van der Waals surface area (Å²) in [5.41, 5.74) is 4.29. The van der Waals surface area contributed by atoms with Crippen LogP contribution in [-0.4, -0.2) is 191 Å². The molecule has 0 aliphatic carbocycles. The molecular formula is C58H74F3N7O11. The molecule has 428 valence electrons. The van der Waals surface area contributed by atoms with Gasteiger partial charge in [0.05, 0.1) is 38.5 Å². The third kappa shape index (κ3) is 16.9. The fraction of sp³-hybridized carbons (Fsp3) is 0.500. The second-order valence-corrected chi connectivity index (χ2v) is 20.5. The number of rotatable bonds is 23. The molecule has 4 heterocycles. The van der Waals surface area contributed by atoms with Gasteiger partial charge in [0.15, 0.2) is 6.29 Å². The van der Waals surface area contributed by atoms with Crippen molar-refractivity contribution in [2.45, 2.75) is 90.0 Å². The Kier molecular flexibility index (Phi) is 21.9. The molecule has 5 N–H and O–H groups in total. The number of amides is 1. The summed E-state index contributed by atoms with van der Waals surface area (Å²) in [5.74, 6) is -1.82. The van der Waals surface area contributed by atoms with Crippen molar-refractivity contribution < 1.29 is 67.0 Å². The first kappa shape index (κ1) is 60.3. The highest BCUT2D eigenvalue weighted by atomic mass is 19.4. The van der Waals surface area contributed by atoms with Gasteiger partial charge in [0.1, 0.15) is 36.1 Å². The standard InChI is InChI=1S/C58H74F3N7O11/c1-39-41(10-8-12-46(39)47-13-9-14-49(40(47)2)63-56(74)50-32-52(77-3)44(33-62-50)35-67-18-6-4-11-45(67)38-69)16-17-42-31-53(43(30-48(42)58(59,60)61)34-68-19-7-5-15-51(68)57(75)76)79-29-28-78-27-26-64-20-22-65(36-54(70)71)24-25-66(23-21-64)37-55(72)73/h8-10,12-14,16-17,30-33,38,45,51,54,70-71H,4-7,11,15,18-29,34-37H2,1-3H3,(H,63,74)(H,72,73)(H,75,76)/b17-16+/t45-,51-/m0/s1. The number of methoxy groups -OCH3 is 1. The van der Waals surface area contributed by atoms with Crippen LogP contribution in [0.25, 0.3) is 23.3 Å². The number of aliphatic hydroxyl groups is 2. The molecule has 0 bridgehead atoms. The van der Waals surface area contributed by atoms with E-state index < -0.39 is 41.9 Å². The Balaban J connectivity index is 1.08. The third-order valence-electron chi connectivity index (χ3n) is 15.1. The molecule has 21 heteroatoms. The molecule has 1 aromatic heterocycles. The summed E-state index contributed by atoms with van der Waals surface area (Å²) in [6, 6.07) is 13.9. The maximum Gasteiger partial charge on any atom is 0.417 e. The third-order valence-corrected chi connectivity index (χ3v) is 15.1. The number of hydrogen-bond donors (Lipinski definition) is 5. The van der Waals surface area contributed by atoms with Gasteiger partial charge in [0.25, 0.3) is 5.91 Å². The zero-order valence-corrected chi connectivity index (χ0v) is 45.3. The number of carboxylic acids is 2. The van der Waals surface area contributed by atoms with Gasteiger partial charge in [-0.25, -0.2) is 0 Å². The number of piperidine rings is 2. The Hall–Kier alpha value is -6.30. The van der Waals surface area contributed by atoms with E-state index in [1.165, 1.54) is 19.3 Å². The van der Waals surface area contributed by atoms with Gasteiger partial charge in [0, 0.05) is 94.5 Å². The number of carbonyl (C=O) groups is 4. The van der Waals surface area contributed by atoms with Gasteiger partial charge in [-0.2, -0.15) is 13.2 Å². The van der Waals surface area contributed by atoms with Crippen molar-refractivity contribution in [3.05, 3.63) is 105 Å². The van der Waals surface area contributed by atoms with Crippen molar-refractivity contribution in [3.8, 4) is 22.6 Å². The number of aliphatic carboxylic acids is 2. The maximum atomic E-state index is 15.1. The van der Waals surface area contributed by atoms with Gasteiger partial charge in [-0.05, 0) is 104 Å². The topological polar surface area (TPSA) is 218 Å². The highest BCUT2D eigenvalue weighted by Crippen LogP contribution is 2.39. The van der Waals surface area contributed by atoms with E-state index in [0.29, 0.717) is 95.2 Å². The monoisotopic (exact) mass is 1100 g/mol. The number of carboxylic acid groups (broad SMARTS) is 2. The van der Waals surface area contributed by atoms with Crippen molar-refractivity contribution in [1.29, 1.82) is 0 Å². The van der Waals surface area contributed by atoms with Crippen LogP contribution in [0.1, 0.15) is 88.0 Å². The van der Waals surface area contributed by atoms with E-state index in [2.05, 4.69) is 20.1 Å². The zero-order valence-electron chi connectivity index (χ0n) is 45.3. The van der Waals surface area contributed by atoms with E-state index in [4.69, 9.17) is 14.2 Å². The number of carbonyl (C=O) groups excluding carboxylic acids is 2. The molecular weight excluding hydrogens is 1030 g/mol. The number of aromatic nitrogens is 1. The Morgan fingerprint density at radius 1 is 0.759 bits per heavy atom. The first-order valence-electron chi connectivity index (χ1n) is 27.0. The first-order chi connectivity index (χ1) is 37.9. The van der Waals surface area contributed by atoms with Crippen LogP contribution in [0.3, 0.4) is 0 Å². The number of halogens is 3. The Morgan fingerprint density at radius 3 is 2.10 bits per heavy atom. The van der Waals surface area contributed by atoms with Gasteiger partial charge in [0.2, 0.25) is 0 Å². The molecule has 0 saturated carbocycles. The maximum absolute atomic E-state index is 15.1. The molecule has 3 aliphatic rings. The minimum absolute atomic E-state index is 0.0195. The predicted molar refractivity (Wildman–Crippen MR) is 292 cm³/mol. The van der Waals surface area contributed by atoms with E-state index in [1.54, 1.807) is 40.3 Å². The number of benzene rings is 3. The number of hydrogen-bond acceptors (Lipinski definition) is 15. The van der Waals surface area contributed by atoms with Crippen LogP contribution in [-0.2, 0) is 38.4 Å². The van der Waals surface area contributed by atoms with Crippen LogP contribution >= 0.6 is 0 Å². The quantitative estimate of drug-likeness (QED) is 0.0231. The van der Waals surface area contributed by atoms with Crippen molar-refractivity contribution in [2.75, 3.05) is 104 Å². The number of pyridine rings is 1.